The molecule has 2 N–H and O–H groups in total. The number of aliphatic hydroxyl groups excluding tert-OH is 1. The quantitative estimate of drug-likeness (QED) is 0.797. The summed E-state index contributed by atoms with van der Waals surface area (Å²) in [6, 6.07) is 9.27. The van der Waals surface area contributed by atoms with Crippen molar-refractivity contribution in [2.45, 2.75) is 31.5 Å². The van der Waals surface area contributed by atoms with E-state index < -0.39 is 12.3 Å². The Morgan fingerprint density at radius 1 is 1.26 bits per heavy atom. The lowest BCUT2D eigenvalue weighted by Crippen LogP contribution is -2.28. The number of fused-ring (bicyclic) bond motifs is 1. The number of halogens is 3. The van der Waals surface area contributed by atoms with Crippen LogP contribution in [0.3, 0.4) is 0 Å². The fraction of sp³-hybridized carbons (Fsp3) is 0.375. The third-order valence-electron chi connectivity index (χ3n) is 3.48. The lowest BCUT2D eigenvalue weighted by molar-refractivity contribution is -0.205. The highest BCUT2D eigenvalue weighted by atomic mass is 19.4. The number of unbranched alkanes of at least 4 members (excludes halogenated alkanes) is 1. The molecule has 23 heavy (non-hydrogen) atoms. The van der Waals surface area contributed by atoms with Gasteiger partial charge in [-0.1, -0.05) is 0 Å². The normalized spacial score (nSPS) is 12.8. The second-order valence-electron chi connectivity index (χ2n) is 5.19. The van der Waals surface area contributed by atoms with Gasteiger partial charge in [0.1, 0.15) is 17.9 Å². The highest BCUT2D eigenvalue weighted by Gasteiger charge is 2.37. The van der Waals surface area contributed by atoms with Gasteiger partial charge in [-0.2, -0.15) is 18.4 Å². The van der Waals surface area contributed by atoms with Gasteiger partial charge in [-0.3, -0.25) is 0 Å². The maximum absolute atomic E-state index is 12.1. The van der Waals surface area contributed by atoms with E-state index in [9.17, 15) is 13.2 Å². The van der Waals surface area contributed by atoms with E-state index in [-0.39, 0.29) is 12.8 Å². The number of hydrogen-bond acceptors (Lipinski definition) is 4. The zero-order valence-corrected chi connectivity index (χ0v) is 12.3. The molecule has 7 heteroatoms. The van der Waals surface area contributed by atoms with Gasteiger partial charge in [0.2, 0.25) is 0 Å². The topological polar surface area (TPSA) is 68.9 Å². The van der Waals surface area contributed by atoms with Crippen LogP contribution < -0.4 is 5.32 Å². The van der Waals surface area contributed by atoms with Gasteiger partial charge >= 0.3 is 6.18 Å². The first-order chi connectivity index (χ1) is 10.9. The van der Waals surface area contributed by atoms with Crippen LogP contribution >= 0.6 is 0 Å². The molecule has 122 valence electrons. The Labute approximate surface area is 131 Å². The van der Waals surface area contributed by atoms with E-state index in [1.807, 2.05) is 12.1 Å². The lowest BCUT2D eigenvalue weighted by Gasteiger charge is -2.14. The number of rotatable bonds is 6. The van der Waals surface area contributed by atoms with E-state index in [0.717, 1.165) is 16.5 Å². The summed E-state index contributed by atoms with van der Waals surface area (Å²) in [5, 5.41) is 22.6. The minimum absolute atomic E-state index is 0.282. The van der Waals surface area contributed by atoms with Gasteiger partial charge < -0.3 is 10.4 Å². The molecular formula is C16H16F3N3O. The molecule has 0 fully saturated rings. The molecule has 2 aromatic rings. The number of nitrogens with one attached hydrogen (secondary N) is 1. The molecule has 1 aromatic heterocycles. The van der Waals surface area contributed by atoms with Crippen molar-refractivity contribution in [2.24, 2.45) is 0 Å². The van der Waals surface area contributed by atoms with E-state index >= 15 is 0 Å². The maximum Gasteiger partial charge on any atom is 0.414 e. The van der Waals surface area contributed by atoms with Crippen molar-refractivity contribution >= 4 is 16.5 Å². The fourth-order valence-electron chi connectivity index (χ4n) is 2.24. The van der Waals surface area contributed by atoms with Crippen LogP contribution in [0, 0.1) is 11.3 Å². The number of alkyl halides is 3. The summed E-state index contributed by atoms with van der Waals surface area (Å²) in [5.41, 5.74) is 1.18. The second kappa shape index (κ2) is 7.29. The fourth-order valence-corrected chi connectivity index (χ4v) is 2.24. The number of aliphatic hydroxyl groups is 1. The van der Waals surface area contributed by atoms with Crippen molar-refractivity contribution in [2.75, 3.05) is 11.9 Å². The van der Waals surface area contributed by atoms with Crippen LogP contribution in [0.25, 0.3) is 10.8 Å². The number of nitriles is 1. The monoisotopic (exact) mass is 323 g/mol. The number of nitrogens with zero attached hydrogens (tertiary/aromatic N) is 2. The molecule has 1 aromatic carbocycles. The SMILES string of the molecule is N#Cc1nccc2cc(NCCCCC(O)C(F)(F)F)ccc12. The number of aromatic nitrogens is 1. The van der Waals surface area contributed by atoms with E-state index in [1.54, 1.807) is 24.4 Å². The van der Waals surface area contributed by atoms with Crippen LogP contribution in [0.15, 0.2) is 30.5 Å². The van der Waals surface area contributed by atoms with Gasteiger partial charge in [-0.25, -0.2) is 4.98 Å². The molecular weight excluding hydrogens is 307 g/mol. The number of pyridine rings is 1. The molecule has 1 heterocycles. The molecule has 0 aliphatic heterocycles. The molecule has 0 saturated carbocycles. The third-order valence-corrected chi connectivity index (χ3v) is 3.48. The Kier molecular flexibility index (Phi) is 5.40. The summed E-state index contributed by atoms with van der Waals surface area (Å²) in [6.07, 6.45) is -4.73. The first-order valence-electron chi connectivity index (χ1n) is 7.19. The Morgan fingerprint density at radius 3 is 2.74 bits per heavy atom. The molecule has 4 nitrogen and oxygen atoms in total. The summed E-state index contributed by atoms with van der Waals surface area (Å²) in [6.45, 7) is 0.506. The van der Waals surface area contributed by atoms with Crippen molar-refractivity contribution < 1.29 is 18.3 Å². The second-order valence-corrected chi connectivity index (χ2v) is 5.19. The van der Waals surface area contributed by atoms with Crippen LogP contribution in [0.1, 0.15) is 25.0 Å². The highest BCUT2D eigenvalue weighted by molar-refractivity contribution is 5.88. The highest BCUT2D eigenvalue weighted by Crippen LogP contribution is 2.24. The Hall–Kier alpha value is -2.33. The van der Waals surface area contributed by atoms with Crippen LogP contribution in [0.5, 0.6) is 0 Å². The number of benzene rings is 1. The van der Waals surface area contributed by atoms with Crippen LogP contribution in [-0.2, 0) is 0 Å². The number of anilines is 1. The first kappa shape index (κ1) is 17.0. The Bertz CT molecular complexity index is 710. The van der Waals surface area contributed by atoms with Crippen molar-refractivity contribution in [3.63, 3.8) is 0 Å². The molecule has 0 aliphatic carbocycles. The predicted molar refractivity (Wildman–Crippen MR) is 80.9 cm³/mol. The molecule has 1 unspecified atom stereocenters. The van der Waals surface area contributed by atoms with Gasteiger partial charge in [-0.05, 0) is 48.9 Å². The first-order valence-corrected chi connectivity index (χ1v) is 7.19. The van der Waals surface area contributed by atoms with E-state index in [1.165, 1.54) is 0 Å². The Morgan fingerprint density at radius 2 is 2.04 bits per heavy atom. The van der Waals surface area contributed by atoms with Gasteiger partial charge in [0.25, 0.3) is 0 Å². The smallest absolute Gasteiger partial charge is 0.385 e. The molecule has 0 radical (unpaired) electrons. The van der Waals surface area contributed by atoms with E-state index in [2.05, 4.69) is 10.3 Å². The van der Waals surface area contributed by atoms with Crippen LogP contribution in [0.2, 0.25) is 0 Å². The molecule has 2 rings (SSSR count). The van der Waals surface area contributed by atoms with Crippen molar-refractivity contribution in [1.82, 2.24) is 4.98 Å². The van der Waals surface area contributed by atoms with Crippen molar-refractivity contribution in [1.29, 1.82) is 5.26 Å². The lowest BCUT2D eigenvalue weighted by atomic mass is 10.1. The van der Waals surface area contributed by atoms with Gasteiger partial charge in [0.05, 0.1) is 0 Å². The third kappa shape index (κ3) is 4.57. The van der Waals surface area contributed by atoms with Gasteiger partial charge in [0.15, 0.2) is 0 Å². The largest absolute Gasteiger partial charge is 0.414 e. The van der Waals surface area contributed by atoms with E-state index in [0.29, 0.717) is 18.7 Å². The van der Waals surface area contributed by atoms with E-state index in [4.69, 9.17) is 10.4 Å². The molecule has 0 saturated heterocycles. The molecule has 0 amide bonds. The minimum Gasteiger partial charge on any atom is -0.385 e. The summed E-state index contributed by atoms with van der Waals surface area (Å²) >= 11 is 0. The standard InChI is InChI=1S/C16H16F3N3O/c17-16(18,19)15(23)3-1-2-7-21-12-4-5-13-11(9-12)6-8-22-14(13)10-20/h4-6,8-9,15,21,23H,1-3,7H2. The van der Waals surface area contributed by atoms with Crippen molar-refractivity contribution in [3.05, 3.63) is 36.2 Å². The zero-order chi connectivity index (χ0) is 16.9. The minimum atomic E-state index is -4.54. The maximum atomic E-state index is 12.1. The van der Waals surface area contributed by atoms with Crippen LogP contribution in [-0.4, -0.2) is 28.9 Å². The average molecular weight is 323 g/mol. The van der Waals surface area contributed by atoms with Crippen molar-refractivity contribution in [3.8, 4) is 6.07 Å². The average Bonchev–Trinajstić information content (AvgIpc) is 2.52. The Balaban J connectivity index is 1.85. The summed E-state index contributed by atoms with van der Waals surface area (Å²) in [4.78, 5) is 3.98. The molecule has 0 spiro atoms. The summed E-state index contributed by atoms with van der Waals surface area (Å²) in [7, 11) is 0. The summed E-state index contributed by atoms with van der Waals surface area (Å²) < 4.78 is 36.4. The molecule has 0 aliphatic rings. The van der Waals surface area contributed by atoms with Crippen LogP contribution in [0.4, 0.5) is 18.9 Å². The molecule has 0 bridgehead atoms. The number of hydrogen-bond donors (Lipinski definition) is 2. The molecule has 1 atom stereocenters. The summed E-state index contributed by atoms with van der Waals surface area (Å²) in [5.74, 6) is 0. The van der Waals surface area contributed by atoms with Gasteiger partial charge in [0, 0.05) is 23.8 Å². The predicted octanol–water partition coefficient (Wildman–Crippen LogP) is 3.61. The van der Waals surface area contributed by atoms with Gasteiger partial charge in [-0.15, -0.1) is 0 Å². The zero-order valence-electron chi connectivity index (χ0n) is 12.3.